The van der Waals surface area contributed by atoms with Crippen molar-refractivity contribution in [3.8, 4) is 0 Å². The molecule has 2 aliphatic rings. The molecule has 0 aliphatic carbocycles. The van der Waals surface area contributed by atoms with E-state index < -0.39 is 0 Å². The van der Waals surface area contributed by atoms with Gasteiger partial charge in [0.05, 0.1) is 18.6 Å². The van der Waals surface area contributed by atoms with Crippen molar-refractivity contribution in [2.45, 2.75) is 44.0 Å². The number of nitrogens with zero attached hydrogens (tertiary/aromatic N) is 4. The molecule has 0 saturated carbocycles. The molecule has 1 unspecified atom stereocenters. The van der Waals surface area contributed by atoms with E-state index in [0.29, 0.717) is 19.6 Å². The van der Waals surface area contributed by atoms with Crippen LogP contribution in [0.4, 0.5) is 0 Å². The van der Waals surface area contributed by atoms with Crippen molar-refractivity contribution >= 4 is 17.7 Å². The Morgan fingerprint density at radius 3 is 3.03 bits per heavy atom. The summed E-state index contributed by atoms with van der Waals surface area (Å²) in [4.78, 5) is 44.7. The van der Waals surface area contributed by atoms with Gasteiger partial charge < -0.3 is 10.3 Å². The molecule has 9 nitrogen and oxygen atoms in total. The molecule has 0 bridgehead atoms. The van der Waals surface area contributed by atoms with E-state index in [4.69, 9.17) is 0 Å². The first-order chi connectivity index (χ1) is 14.6. The Hall–Kier alpha value is -2.46. The number of amides is 1. The van der Waals surface area contributed by atoms with Gasteiger partial charge in [-0.2, -0.15) is 16.9 Å². The van der Waals surface area contributed by atoms with E-state index in [1.54, 1.807) is 10.7 Å². The topological polar surface area (TPSA) is 113 Å². The molecule has 0 radical (unpaired) electrons. The Morgan fingerprint density at radius 1 is 1.27 bits per heavy atom. The second-order valence-electron chi connectivity index (χ2n) is 7.67. The minimum atomic E-state index is -0.351. The molecular weight excluding hydrogens is 404 g/mol. The van der Waals surface area contributed by atoms with Crippen LogP contribution in [0.1, 0.15) is 41.0 Å². The summed E-state index contributed by atoms with van der Waals surface area (Å²) in [5, 5.41) is 7.49. The highest BCUT2D eigenvalue weighted by atomic mass is 32.2. The monoisotopic (exact) mass is 430 g/mol. The van der Waals surface area contributed by atoms with Crippen LogP contribution in [0.2, 0.25) is 0 Å². The average Bonchev–Trinajstić information content (AvgIpc) is 2.76. The predicted molar refractivity (Wildman–Crippen MR) is 115 cm³/mol. The molecule has 30 heavy (non-hydrogen) atoms. The van der Waals surface area contributed by atoms with Crippen LogP contribution in [0, 0.1) is 0 Å². The lowest BCUT2D eigenvalue weighted by Gasteiger charge is -2.35. The molecule has 2 aromatic heterocycles. The van der Waals surface area contributed by atoms with Crippen LogP contribution in [0.25, 0.3) is 0 Å². The van der Waals surface area contributed by atoms with Crippen molar-refractivity contribution in [1.29, 1.82) is 0 Å². The second-order valence-corrected chi connectivity index (χ2v) is 8.78. The lowest BCUT2D eigenvalue weighted by Crippen LogP contribution is -2.48. The van der Waals surface area contributed by atoms with Gasteiger partial charge in [-0.25, -0.2) is 9.67 Å². The summed E-state index contributed by atoms with van der Waals surface area (Å²) in [5.41, 5.74) is 1.83. The van der Waals surface area contributed by atoms with Gasteiger partial charge in [0.1, 0.15) is 5.69 Å². The Morgan fingerprint density at radius 2 is 2.17 bits per heavy atom. The van der Waals surface area contributed by atoms with Gasteiger partial charge in [0.15, 0.2) is 0 Å². The number of piperidine rings is 1. The number of thioether (sulfide) groups is 1. The smallest absolute Gasteiger partial charge is 0.270 e. The van der Waals surface area contributed by atoms with Crippen molar-refractivity contribution in [3.63, 3.8) is 0 Å². The van der Waals surface area contributed by atoms with E-state index in [1.165, 1.54) is 12.4 Å². The predicted octanol–water partition coefficient (Wildman–Crippen LogP) is 0.400. The molecule has 1 amide bonds. The normalized spacial score (nSPS) is 19.3. The lowest BCUT2D eigenvalue weighted by molar-refractivity contribution is 0.0904. The summed E-state index contributed by atoms with van der Waals surface area (Å²) < 4.78 is 1.58. The number of likely N-dealkylation sites (tertiary alicyclic amines) is 1. The standard InChI is InChI=1S/C20H26N6O3S/c27-18-10-17(22-13-23-18)20(29)21-11-15-3-1-2-5-25(15)6-7-26-19(28)9-14-12-30-8-4-16(14)24-26/h9-10,13,15H,1-8,11-12H2,(H,21,29)(H,22,23,27). The molecule has 10 heteroatoms. The number of carbonyl (C=O) groups excluding carboxylic acids is 1. The number of rotatable bonds is 6. The number of aromatic nitrogens is 4. The SMILES string of the molecule is O=C(NCC1CCCCN1CCn1nc2c(cc1=O)CSCC2)c1cc(=O)[nH]cn1. The van der Waals surface area contributed by atoms with Gasteiger partial charge in [-0.15, -0.1) is 0 Å². The third-order valence-electron chi connectivity index (χ3n) is 5.66. The van der Waals surface area contributed by atoms with Gasteiger partial charge in [0, 0.05) is 43.4 Å². The molecule has 4 heterocycles. The Kier molecular flexibility index (Phi) is 6.63. The van der Waals surface area contributed by atoms with E-state index in [0.717, 1.165) is 55.0 Å². The first kappa shape index (κ1) is 20.8. The van der Waals surface area contributed by atoms with E-state index in [9.17, 15) is 14.4 Å². The fraction of sp³-hybridized carbons (Fsp3) is 0.550. The van der Waals surface area contributed by atoms with E-state index in [-0.39, 0.29) is 28.8 Å². The van der Waals surface area contributed by atoms with Crippen LogP contribution in [-0.4, -0.2) is 62.0 Å². The summed E-state index contributed by atoms with van der Waals surface area (Å²) in [6, 6.07) is 3.12. The van der Waals surface area contributed by atoms with E-state index in [2.05, 4.69) is 25.3 Å². The van der Waals surface area contributed by atoms with Gasteiger partial charge in [-0.05, 0) is 30.7 Å². The minimum absolute atomic E-state index is 0.0431. The van der Waals surface area contributed by atoms with Crippen molar-refractivity contribution in [1.82, 2.24) is 30.0 Å². The zero-order valence-corrected chi connectivity index (χ0v) is 17.6. The summed E-state index contributed by atoms with van der Waals surface area (Å²) in [5.74, 6) is 1.57. The average molecular weight is 431 g/mol. The highest BCUT2D eigenvalue weighted by Crippen LogP contribution is 2.21. The van der Waals surface area contributed by atoms with Crippen molar-refractivity contribution < 1.29 is 4.79 Å². The van der Waals surface area contributed by atoms with Crippen molar-refractivity contribution in [2.75, 3.05) is 25.4 Å². The molecular formula is C20H26N6O3S. The highest BCUT2D eigenvalue weighted by Gasteiger charge is 2.23. The molecule has 1 fully saturated rings. The van der Waals surface area contributed by atoms with Gasteiger partial charge in [0.25, 0.3) is 17.0 Å². The summed E-state index contributed by atoms with van der Waals surface area (Å²) in [7, 11) is 0. The molecule has 4 rings (SSSR count). The van der Waals surface area contributed by atoms with Crippen molar-refractivity contribution in [2.24, 2.45) is 0 Å². The molecule has 160 valence electrons. The molecule has 1 atom stereocenters. The number of carbonyl (C=O) groups is 1. The molecule has 0 aromatic carbocycles. The number of nitrogens with one attached hydrogen (secondary N) is 2. The number of aromatic amines is 1. The molecule has 2 aliphatic heterocycles. The number of aryl methyl sites for hydroxylation is 1. The van der Waals surface area contributed by atoms with Gasteiger partial charge >= 0.3 is 0 Å². The first-order valence-corrected chi connectivity index (χ1v) is 11.5. The van der Waals surface area contributed by atoms with Crippen LogP contribution in [0.5, 0.6) is 0 Å². The molecule has 2 N–H and O–H groups in total. The van der Waals surface area contributed by atoms with E-state index in [1.807, 2.05) is 11.8 Å². The van der Waals surface area contributed by atoms with Crippen LogP contribution in [0.3, 0.4) is 0 Å². The fourth-order valence-electron chi connectivity index (χ4n) is 4.02. The highest BCUT2D eigenvalue weighted by molar-refractivity contribution is 7.98. The Bertz CT molecular complexity index is 1020. The van der Waals surface area contributed by atoms with Crippen LogP contribution in [-0.2, 0) is 18.7 Å². The summed E-state index contributed by atoms with van der Waals surface area (Å²) >= 11 is 1.84. The number of fused-ring (bicyclic) bond motifs is 1. The van der Waals surface area contributed by atoms with Gasteiger partial charge in [-0.1, -0.05) is 6.42 Å². The summed E-state index contributed by atoms with van der Waals surface area (Å²) in [6.07, 6.45) is 5.33. The van der Waals surface area contributed by atoms with Gasteiger partial charge in [-0.3, -0.25) is 19.3 Å². The summed E-state index contributed by atoms with van der Waals surface area (Å²) in [6.45, 7) is 2.67. The van der Waals surface area contributed by atoms with Crippen LogP contribution >= 0.6 is 11.8 Å². The van der Waals surface area contributed by atoms with E-state index >= 15 is 0 Å². The Balaban J connectivity index is 1.36. The zero-order chi connectivity index (χ0) is 20.9. The maximum atomic E-state index is 12.4. The molecule has 0 spiro atoms. The minimum Gasteiger partial charge on any atom is -0.349 e. The first-order valence-electron chi connectivity index (χ1n) is 10.3. The maximum Gasteiger partial charge on any atom is 0.270 e. The zero-order valence-electron chi connectivity index (χ0n) is 16.8. The third kappa shape index (κ3) is 4.99. The maximum absolute atomic E-state index is 12.4. The quantitative estimate of drug-likeness (QED) is 0.682. The van der Waals surface area contributed by atoms with Gasteiger partial charge in [0.2, 0.25) is 0 Å². The number of H-pyrrole nitrogens is 1. The second kappa shape index (κ2) is 9.57. The molecule has 2 aromatic rings. The Labute approximate surface area is 178 Å². The number of hydrogen-bond donors (Lipinski definition) is 2. The third-order valence-corrected chi connectivity index (χ3v) is 6.67. The lowest BCUT2D eigenvalue weighted by atomic mass is 10.0. The largest absolute Gasteiger partial charge is 0.349 e. The molecule has 1 saturated heterocycles. The van der Waals surface area contributed by atoms with Crippen LogP contribution < -0.4 is 16.4 Å². The van der Waals surface area contributed by atoms with Crippen molar-refractivity contribution in [3.05, 3.63) is 56.1 Å². The fourth-order valence-corrected chi connectivity index (χ4v) is 4.97. The van der Waals surface area contributed by atoms with Crippen LogP contribution in [0.15, 0.2) is 28.0 Å². The number of hydrogen-bond acceptors (Lipinski definition) is 7.